The number of amides is 1. The molecule has 2 N–H and O–H groups in total. The van der Waals surface area contributed by atoms with Gasteiger partial charge in [0.2, 0.25) is 0 Å². The molecule has 0 atom stereocenters. The molecular formula is C29H30N4O2. The van der Waals surface area contributed by atoms with E-state index < -0.39 is 0 Å². The second kappa shape index (κ2) is 10.6. The van der Waals surface area contributed by atoms with Crippen molar-refractivity contribution in [1.29, 1.82) is 0 Å². The standard InChI is InChI=1S/C29H30N4O2/c1-2-3-4-5-18-35-23-12-10-21(11-13-23)20-6-8-22(9-7-20)28-30-16-15-26(33-28)27-19-24-25(32-27)14-17-31-29(24)34/h6-13,15-16,19,32H,2-5,14,17-18H2,1H3,(H,31,34). The topological polar surface area (TPSA) is 79.9 Å². The second-order valence-corrected chi connectivity index (χ2v) is 8.86. The number of unbranched alkanes of at least 4 members (excludes halogenated alkanes) is 3. The van der Waals surface area contributed by atoms with Gasteiger partial charge in [-0.25, -0.2) is 9.97 Å². The Balaban J connectivity index is 1.28. The Labute approximate surface area is 205 Å². The van der Waals surface area contributed by atoms with Crippen LogP contribution in [0, 0.1) is 0 Å². The highest BCUT2D eigenvalue weighted by molar-refractivity contribution is 5.97. The average Bonchev–Trinajstić information content (AvgIpc) is 3.35. The maximum absolute atomic E-state index is 12.1. The number of nitrogens with one attached hydrogen (secondary N) is 2. The quantitative estimate of drug-likeness (QED) is 0.294. The number of carbonyl (C=O) groups excluding carboxylic acids is 1. The molecule has 0 saturated heterocycles. The molecule has 1 aliphatic heterocycles. The van der Waals surface area contributed by atoms with E-state index in [0.29, 0.717) is 17.9 Å². The fourth-order valence-electron chi connectivity index (χ4n) is 4.35. The van der Waals surface area contributed by atoms with Crippen LogP contribution in [0.1, 0.15) is 48.7 Å². The molecule has 0 bridgehead atoms. The molecule has 1 amide bonds. The highest BCUT2D eigenvalue weighted by Gasteiger charge is 2.20. The van der Waals surface area contributed by atoms with E-state index in [1.165, 1.54) is 19.3 Å². The fourth-order valence-corrected chi connectivity index (χ4v) is 4.35. The lowest BCUT2D eigenvalue weighted by atomic mass is 10.0. The molecule has 6 heteroatoms. The van der Waals surface area contributed by atoms with Crippen LogP contribution >= 0.6 is 0 Å². The van der Waals surface area contributed by atoms with E-state index in [1.54, 1.807) is 6.20 Å². The highest BCUT2D eigenvalue weighted by atomic mass is 16.5. The molecule has 2 aromatic heterocycles. The van der Waals surface area contributed by atoms with Crippen molar-refractivity contribution in [2.24, 2.45) is 0 Å². The number of fused-ring (bicyclic) bond motifs is 1. The zero-order valence-corrected chi connectivity index (χ0v) is 20.0. The summed E-state index contributed by atoms with van der Waals surface area (Å²) < 4.78 is 5.86. The van der Waals surface area contributed by atoms with Crippen molar-refractivity contribution in [2.75, 3.05) is 13.2 Å². The van der Waals surface area contributed by atoms with E-state index >= 15 is 0 Å². The number of nitrogens with zero attached hydrogens (tertiary/aromatic N) is 2. The molecule has 6 nitrogen and oxygen atoms in total. The van der Waals surface area contributed by atoms with Crippen LogP contribution in [0.25, 0.3) is 33.9 Å². The summed E-state index contributed by atoms with van der Waals surface area (Å²) in [5.41, 5.74) is 6.47. The Morgan fingerprint density at radius 3 is 2.40 bits per heavy atom. The summed E-state index contributed by atoms with van der Waals surface area (Å²) in [6.45, 7) is 3.64. The molecule has 178 valence electrons. The molecule has 0 unspecified atom stereocenters. The molecule has 0 radical (unpaired) electrons. The molecule has 4 aromatic rings. The predicted octanol–water partition coefficient (Wildman–Crippen LogP) is 6.05. The van der Waals surface area contributed by atoms with Gasteiger partial charge in [-0.05, 0) is 41.8 Å². The first-order valence-corrected chi connectivity index (χ1v) is 12.4. The summed E-state index contributed by atoms with van der Waals surface area (Å²) >= 11 is 0. The van der Waals surface area contributed by atoms with Crippen LogP contribution in [0.2, 0.25) is 0 Å². The van der Waals surface area contributed by atoms with Gasteiger partial charge in [0, 0.05) is 30.4 Å². The lowest BCUT2D eigenvalue weighted by Crippen LogP contribution is -2.31. The first-order chi connectivity index (χ1) is 17.2. The van der Waals surface area contributed by atoms with Crippen LogP contribution in [0.15, 0.2) is 66.9 Å². The van der Waals surface area contributed by atoms with Crippen molar-refractivity contribution in [3.8, 4) is 39.7 Å². The third-order valence-electron chi connectivity index (χ3n) is 6.33. The largest absolute Gasteiger partial charge is 0.494 e. The number of carbonyl (C=O) groups is 1. The summed E-state index contributed by atoms with van der Waals surface area (Å²) in [7, 11) is 0. The monoisotopic (exact) mass is 466 g/mol. The number of hydrogen-bond donors (Lipinski definition) is 2. The summed E-state index contributed by atoms with van der Waals surface area (Å²) in [5.74, 6) is 1.53. The Morgan fingerprint density at radius 2 is 1.66 bits per heavy atom. The zero-order valence-electron chi connectivity index (χ0n) is 20.0. The summed E-state index contributed by atoms with van der Waals surface area (Å²) in [4.78, 5) is 24.7. The molecule has 2 aromatic carbocycles. The van der Waals surface area contributed by atoms with Crippen LogP contribution in [0.5, 0.6) is 5.75 Å². The molecule has 35 heavy (non-hydrogen) atoms. The Hall–Kier alpha value is -3.93. The van der Waals surface area contributed by atoms with Gasteiger partial charge in [0.25, 0.3) is 5.91 Å². The number of benzene rings is 2. The lowest BCUT2D eigenvalue weighted by molar-refractivity contribution is 0.0946. The molecule has 0 fully saturated rings. The summed E-state index contributed by atoms with van der Waals surface area (Å²) in [5, 5.41) is 2.88. The molecular weight excluding hydrogens is 436 g/mol. The predicted molar refractivity (Wildman–Crippen MR) is 138 cm³/mol. The normalized spacial score (nSPS) is 12.8. The van der Waals surface area contributed by atoms with Gasteiger partial charge in [0.1, 0.15) is 5.75 Å². The zero-order chi connectivity index (χ0) is 24.0. The minimum atomic E-state index is -0.0369. The van der Waals surface area contributed by atoms with Crippen molar-refractivity contribution in [1.82, 2.24) is 20.3 Å². The van der Waals surface area contributed by atoms with Gasteiger partial charge in [0.15, 0.2) is 5.82 Å². The third-order valence-corrected chi connectivity index (χ3v) is 6.33. The van der Waals surface area contributed by atoms with Gasteiger partial charge in [-0.2, -0.15) is 0 Å². The smallest absolute Gasteiger partial charge is 0.253 e. The first-order valence-electron chi connectivity index (χ1n) is 12.4. The Bertz CT molecular complexity index is 1290. The lowest BCUT2D eigenvalue weighted by Gasteiger charge is -2.10. The van der Waals surface area contributed by atoms with E-state index in [9.17, 15) is 4.79 Å². The van der Waals surface area contributed by atoms with Gasteiger partial charge in [-0.15, -0.1) is 0 Å². The van der Waals surface area contributed by atoms with Crippen molar-refractivity contribution in [2.45, 2.75) is 39.0 Å². The van der Waals surface area contributed by atoms with Crippen molar-refractivity contribution in [3.05, 3.63) is 78.1 Å². The van der Waals surface area contributed by atoms with Gasteiger partial charge < -0.3 is 15.0 Å². The van der Waals surface area contributed by atoms with Crippen LogP contribution in [0.3, 0.4) is 0 Å². The fraction of sp³-hybridized carbons (Fsp3) is 0.276. The van der Waals surface area contributed by atoms with Gasteiger partial charge in [0.05, 0.1) is 23.6 Å². The molecule has 5 rings (SSSR count). The van der Waals surface area contributed by atoms with Gasteiger partial charge >= 0.3 is 0 Å². The van der Waals surface area contributed by atoms with Crippen LogP contribution in [-0.4, -0.2) is 34.0 Å². The van der Waals surface area contributed by atoms with Crippen molar-refractivity contribution >= 4 is 5.91 Å². The maximum Gasteiger partial charge on any atom is 0.253 e. The first kappa shape index (κ1) is 22.8. The number of rotatable bonds is 9. The van der Waals surface area contributed by atoms with Crippen molar-refractivity contribution in [3.63, 3.8) is 0 Å². The van der Waals surface area contributed by atoms with Crippen LogP contribution < -0.4 is 10.1 Å². The molecule has 0 aliphatic carbocycles. The van der Waals surface area contributed by atoms with E-state index in [4.69, 9.17) is 9.72 Å². The molecule has 0 spiro atoms. The van der Waals surface area contributed by atoms with E-state index in [2.05, 4.69) is 46.5 Å². The summed E-state index contributed by atoms with van der Waals surface area (Å²) in [6, 6.07) is 20.2. The Morgan fingerprint density at radius 1 is 0.914 bits per heavy atom. The highest BCUT2D eigenvalue weighted by Crippen LogP contribution is 2.27. The maximum atomic E-state index is 12.1. The Kier molecular flexibility index (Phi) is 6.89. The van der Waals surface area contributed by atoms with E-state index in [1.807, 2.05) is 36.4 Å². The SMILES string of the molecule is CCCCCCOc1ccc(-c2ccc(-c3nccc(-c4cc5c([nH]4)CCNC5=O)n3)cc2)cc1. The van der Waals surface area contributed by atoms with E-state index in [0.717, 1.165) is 59.0 Å². The van der Waals surface area contributed by atoms with Gasteiger partial charge in [-0.1, -0.05) is 62.6 Å². The number of ether oxygens (including phenoxy) is 1. The van der Waals surface area contributed by atoms with Crippen molar-refractivity contribution < 1.29 is 9.53 Å². The third kappa shape index (κ3) is 5.27. The molecule has 0 saturated carbocycles. The molecule has 3 heterocycles. The molecule has 1 aliphatic rings. The number of aromatic amines is 1. The van der Waals surface area contributed by atoms with Gasteiger partial charge in [-0.3, -0.25) is 4.79 Å². The van der Waals surface area contributed by atoms with E-state index in [-0.39, 0.29) is 5.91 Å². The second-order valence-electron chi connectivity index (χ2n) is 8.86. The number of H-pyrrole nitrogens is 1. The number of hydrogen-bond acceptors (Lipinski definition) is 4. The minimum Gasteiger partial charge on any atom is -0.494 e. The van der Waals surface area contributed by atoms with Crippen LogP contribution in [0.4, 0.5) is 0 Å². The van der Waals surface area contributed by atoms with Crippen LogP contribution in [-0.2, 0) is 6.42 Å². The minimum absolute atomic E-state index is 0.0369. The average molecular weight is 467 g/mol. The summed E-state index contributed by atoms with van der Waals surface area (Å²) in [6.07, 6.45) is 7.37. The number of aromatic nitrogens is 3.